The Balaban J connectivity index is 2.19. The first kappa shape index (κ1) is 11.2. The molecule has 2 heterocycles. The van der Waals surface area contributed by atoms with E-state index in [-0.39, 0.29) is 17.1 Å². The number of thioether (sulfide) groups is 1. The summed E-state index contributed by atoms with van der Waals surface area (Å²) >= 11 is 1.73. The standard InChI is InChI=1S/C8H13NO4S2/c9-15(11,12)4-6-8(1-2-14-5-8)3-7(10)13-6/h6H,1-5H2,(H2,9,11,12). The fraction of sp³-hybridized carbons (Fsp3) is 0.875. The summed E-state index contributed by atoms with van der Waals surface area (Å²) in [6.07, 6.45) is 0.624. The van der Waals surface area contributed by atoms with E-state index in [1.807, 2.05) is 0 Å². The molecule has 2 unspecified atom stereocenters. The normalized spacial score (nSPS) is 36.1. The molecule has 2 atom stereocenters. The maximum atomic E-state index is 11.2. The molecule has 5 nitrogen and oxygen atoms in total. The largest absolute Gasteiger partial charge is 0.461 e. The van der Waals surface area contributed by atoms with Gasteiger partial charge in [-0.15, -0.1) is 0 Å². The van der Waals surface area contributed by atoms with Crippen molar-refractivity contribution in [1.29, 1.82) is 0 Å². The number of nitrogens with two attached hydrogens (primary N) is 1. The molecule has 0 aliphatic carbocycles. The number of hydrogen-bond donors (Lipinski definition) is 1. The van der Waals surface area contributed by atoms with Crippen molar-refractivity contribution >= 4 is 27.8 Å². The van der Waals surface area contributed by atoms with Crippen molar-refractivity contribution in [2.45, 2.75) is 18.9 Å². The Kier molecular flexibility index (Phi) is 2.72. The van der Waals surface area contributed by atoms with Gasteiger partial charge in [-0.25, -0.2) is 13.6 Å². The molecule has 86 valence electrons. The van der Waals surface area contributed by atoms with Crippen LogP contribution in [0.4, 0.5) is 0 Å². The first-order valence-electron chi connectivity index (χ1n) is 4.69. The number of sulfonamides is 1. The van der Waals surface area contributed by atoms with E-state index in [1.54, 1.807) is 11.8 Å². The van der Waals surface area contributed by atoms with Crippen molar-refractivity contribution in [2.24, 2.45) is 10.6 Å². The van der Waals surface area contributed by atoms with Gasteiger partial charge < -0.3 is 4.74 Å². The molecule has 15 heavy (non-hydrogen) atoms. The van der Waals surface area contributed by atoms with Gasteiger partial charge in [0.15, 0.2) is 0 Å². The summed E-state index contributed by atoms with van der Waals surface area (Å²) < 4.78 is 27.1. The summed E-state index contributed by atoms with van der Waals surface area (Å²) in [5, 5.41) is 4.99. The Hall–Kier alpha value is -0.270. The minimum absolute atomic E-state index is 0.251. The van der Waals surface area contributed by atoms with Crippen LogP contribution < -0.4 is 5.14 Å². The molecule has 2 fully saturated rings. The molecule has 0 saturated carbocycles. The molecular formula is C8H13NO4S2. The maximum Gasteiger partial charge on any atom is 0.306 e. The number of esters is 1. The third-order valence-corrected chi connectivity index (χ3v) is 5.01. The Morgan fingerprint density at radius 3 is 2.87 bits per heavy atom. The van der Waals surface area contributed by atoms with Crippen LogP contribution in [-0.2, 0) is 19.6 Å². The average Bonchev–Trinajstić information content (AvgIpc) is 2.59. The predicted molar refractivity (Wildman–Crippen MR) is 56.8 cm³/mol. The van der Waals surface area contributed by atoms with Crippen LogP contribution in [0.15, 0.2) is 0 Å². The molecule has 0 amide bonds. The zero-order valence-electron chi connectivity index (χ0n) is 8.14. The zero-order chi connectivity index (χ0) is 11.1. The van der Waals surface area contributed by atoms with E-state index in [9.17, 15) is 13.2 Å². The van der Waals surface area contributed by atoms with E-state index in [0.29, 0.717) is 6.42 Å². The first-order chi connectivity index (χ1) is 6.91. The lowest BCUT2D eigenvalue weighted by atomic mass is 9.81. The fourth-order valence-corrected chi connectivity index (χ4v) is 4.54. The van der Waals surface area contributed by atoms with Gasteiger partial charge in [0, 0.05) is 11.2 Å². The number of cyclic esters (lactones) is 1. The monoisotopic (exact) mass is 251 g/mol. The topological polar surface area (TPSA) is 86.5 Å². The summed E-state index contributed by atoms with van der Waals surface area (Å²) in [7, 11) is -3.58. The zero-order valence-corrected chi connectivity index (χ0v) is 9.77. The molecule has 0 aromatic carbocycles. The van der Waals surface area contributed by atoms with Crippen molar-refractivity contribution in [2.75, 3.05) is 17.3 Å². The molecule has 0 aromatic rings. The van der Waals surface area contributed by atoms with E-state index in [0.717, 1.165) is 17.9 Å². The number of carbonyl (C=O) groups is 1. The third-order valence-electron chi connectivity index (χ3n) is 2.97. The minimum atomic E-state index is -3.58. The van der Waals surface area contributed by atoms with E-state index in [2.05, 4.69) is 0 Å². The number of hydrogen-bond acceptors (Lipinski definition) is 5. The quantitative estimate of drug-likeness (QED) is 0.682. The molecule has 2 rings (SSSR count). The number of primary sulfonamides is 1. The summed E-state index contributed by atoms with van der Waals surface area (Å²) in [6, 6.07) is 0. The number of ether oxygens (including phenoxy) is 1. The van der Waals surface area contributed by atoms with Gasteiger partial charge in [0.2, 0.25) is 10.0 Å². The van der Waals surface area contributed by atoms with Crippen LogP contribution in [0.25, 0.3) is 0 Å². The molecule has 2 saturated heterocycles. The number of rotatable bonds is 2. The van der Waals surface area contributed by atoms with Gasteiger partial charge in [0.05, 0.1) is 6.42 Å². The van der Waals surface area contributed by atoms with Crippen molar-refractivity contribution in [3.8, 4) is 0 Å². The van der Waals surface area contributed by atoms with Crippen molar-refractivity contribution < 1.29 is 17.9 Å². The minimum Gasteiger partial charge on any atom is -0.461 e. The second-order valence-corrected chi connectivity index (χ2v) is 6.91. The smallest absolute Gasteiger partial charge is 0.306 e. The van der Waals surface area contributed by atoms with E-state index in [1.165, 1.54) is 0 Å². The lowest BCUT2D eigenvalue weighted by molar-refractivity contribution is -0.140. The predicted octanol–water partition coefficient (Wildman–Crippen LogP) is -0.286. The van der Waals surface area contributed by atoms with Gasteiger partial charge in [0.25, 0.3) is 0 Å². The Bertz CT molecular complexity index is 372. The van der Waals surface area contributed by atoms with Gasteiger partial charge in [-0.2, -0.15) is 11.8 Å². The SMILES string of the molecule is NS(=O)(=O)CC1OC(=O)CC12CCSC2. The van der Waals surface area contributed by atoms with Gasteiger partial charge in [0.1, 0.15) is 11.9 Å². The molecule has 7 heteroatoms. The number of carbonyl (C=O) groups excluding carboxylic acids is 1. The van der Waals surface area contributed by atoms with Crippen molar-refractivity contribution in [3.05, 3.63) is 0 Å². The van der Waals surface area contributed by atoms with Crippen LogP contribution in [0.5, 0.6) is 0 Å². The maximum absolute atomic E-state index is 11.2. The third kappa shape index (κ3) is 2.29. The van der Waals surface area contributed by atoms with Crippen molar-refractivity contribution in [3.63, 3.8) is 0 Å². The van der Waals surface area contributed by atoms with Gasteiger partial charge in [-0.05, 0) is 12.2 Å². The van der Waals surface area contributed by atoms with Crippen molar-refractivity contribution in [1.82, 2.24) is 0 Å². The molecular weight excluding hydrogens is 238 g/mol. The highest BCUT2D eigenvalue weighted by molar-refractivity contribution is 7.99. The highest BCUT2D eigenvalue weighted by Crippen LogP contribution is 2.47. The lowest BCUT2D eigenvalue weighted by Gasteiger charge is -2.25. The van der Waals surface area contributed by atoms with E-state index in [4.69, 9.17) is 9.88 Å². The van der Waals surface area contributed by atoms with Crippen LogP contribution in [0.1, 0.15) is 12.8 Å². The second kappa shape index (κ2) is 3.64. The van der Waals surface area contributed by atoms with Gasteiger partial charge in [-0.3, -0.25) is 4.79 Å². The lowest BCUT2D eigenvalue weighted by Crippen LogP contribution is -2.38. The summed E-state index contributed by atoms with van der Waals surface area (Å²) in [4.78, 5) is 11.2. The van der Waals surface area contributed by atoms with Crippen LogP contribution in [0, 0.1) is 5.41 Å². The Morgan fingerprint density at radius 1 is 1.60 bits per heavy atom. The highest BCUT2D eigenvalue weighted by Gasteiger charge is 2.51. The fourth-order valence-electron chi connectivity index (χ4n) is 2.16. The summed E-state index contributed by atoms with van der Waals surface area (Å²) in [6.45, 7) is 0. The molecule has 2 aliphatic rings. The molecule has 0 bridgehead atoms. The molecule has 2 aliphatic heterocycles. The van der Waals surface area contributed by atoms with Crippen LogP contribution in [0.3, 0.4) is 0 Å². The molecule has 0 radical (unpaired) electrons. The summed E-state index contributed by atoms with van der Waals surface area (Å²) in [5.74, 6) is 1.20. The van der Waals surface area contributed by atoms with E-state index < -0.39 is 16.1 Å². The summed E-state index contributed by atoms with van der Waals surface area (Å²) in [5.41, 5.74) is -0.284. The second-order valence-electron chi connectivity index (χ2n) is 4.15. The van der Waals surface area contributed by atoms with Gasteiger partial charge >= 0.3 is 5.97 Å². The average molecular weight is 251 g/mol. The first-order valence-corrected chi connectivity index (χ1v) is 7.56. The highest BCUT2D eigenvalue weighted by atomic mass is 32.2. The van der Waals surface area contributed by atoms with Crippen LogP contribution in [-0.4, -0.2) is 37.7 Å². The molecule has 1 spiro atoms. The molecule has 2 N–H and O–H groups in total. The Morgan fingerprint density at radius 2 is 2.33 bits per heavy atom. The molecule has 0 aromatic heterocycles. The Labute approximate surface area is 92.8 Å². The van der Waals surface area contributed by atoms with E-state index >= 15 is 0 Å². The van der Waals surface area contributed by atoms with Crippen LogP contribution in [0.2, 0.25) is 0 Å². The van der Waals surface area contributed by atoms with Gasteiger partial charge in [-0.1, -0.05) is 0 Å². The van der Waals surface area contributed by atoms with Crippen LogP contribution >= 0.6 is 11.8 Å².